The topological polar surface area (TPSA) is 77.2 Å². The standard InChI is InChI=1S/C14H12F3N3O2/c1-6-2-10(14(15,16)17)9(4-18)12(19-6)20-5-7-3-8(7)11(20)13(21)22/h2,7-8,11H,3,5H2,1H3,(H,21,22). The number of hydrogen-bond donors (Lipinski definition) is 1. The summed E-state index contributed by atoms with van der Waals surface area (Å²) in [5.74, 6) is -1.18. The van der Waals surface area contributed by atoms with Gasteiger partial charge in [-0.2, -0.15) is 18.4 Å². The number of piperidine rings is 1. The summed E-state index contributed by atoms with van der Waals surface area (Å²) in [5.41, 5.74) is -1.57. The molecule has 0 bridgehead atoms. The number of carboxylic acids is 1. The van der Waals surface area contributed by atoms with Crippen LogP contribution in [-0.4, -0.2) is 28.6 Å². The molecule has 5 nitrogen and oxygen atoms in total. The maximum absolute atomic E-state index is 13.1. The summed E-state index contributed by atoms with van der Waals surface area (Å²) >= 11 is 0. The van der Waals surface area contributed by atoms with Crippen LogP contribution in [0, 0.1) is 30.1 Å². The molecule has 1 aromatic rings. The molecule has 3 rings (SSSR count). The van der Waals surface area contributed by atoms with Gasteiger partial charge in [-0.1, -0.05) is 0 Å². The third kappa shape index (κ3) is 2.17. The molecule has 8 heteroatoms. The molecule has 1 aromatic heterocycles. The lowest BCUT2D eigenvalue weighted by atomic mass is 10.1. The number of pyridine rings is 1. The van der Waals surface area contributed by atoms with Crippen LogP contribution in [-0.2, 0) is 11.0 Å². The van der Waals surface area contributed by atoms with Gasteiger partial charge in [0.1, 0.15) is 23.5 Å². The van der Waals surface area contributed by atoms with E-state index in [0.29, 0.717) is 6.54 Å². The maximum atomic E-state index is 13.1. The van der Waals surface area contributed by atoms with Crippen molar-refractivity contribution in [1.82, 2.24) is 4.98 Å². The molecule has 1 aliphatic heterocycles. The van der Waals surface area contributed by atoms with E-state index >= 15 is 0 Å². The Labute approximate surface area is 124 Å². The van der Waals surface area contributed by atoms with Crippen LogP contribution in [0.2, 0.25) is 0 Å². The average Bonchev–Trinajstić information content (AvgIpc) is 3.06. The van der Waals surface area contributed by atoms with Crippen LogP contribution in [0.1, 0.15) is 23.2 Å². The number of aryl methyl sites for hydroxylation is 1. The minimum absolute atomic E-state index is 0.0688. The van der Waals surface area contributed by atoms with Gasteiger partial charge < -0.3 is 10.0 Å². The van der Waals surface area contributed by atoms with Gasteiger partial charge >= 0.3 is 12.1 Å². The van der Waals surface area contributed by atoms with E-state index in [1.807, 2.05) is 0 Å². The second kappa shape index (κ2) is 4.60. The molecular weight excluding hydrogens is 299 g/mol. The van der Waals surface area contributed by atoms with Crippen LogP contribution in [0.15, 0.2) is 6.07 Å². The predicted octanol–water partition coefficient (Wildman–Crippen LogP) is 2.19. The van der Waals surface area contributed by atoms with Crippen LogP contribution >= 0.6 is 0 Å². The number of carboxylic acid groups (broad SMARTS) is 1. The van der Waals surface area contributed by atoms with E-state index in [1.165, 1.54) is 11.8 Å². The van der Waals surface area contributed by atoms with E-state index in [4.69, 9.17) is 5.26 Å². The molecule has 2 aliphatic rings. The highest BCUT2D eigenvalue weighted by Gasteiger charge is 2.56. The molecule has 22 heavy (non-hydrogen) atoms. The highest BCUT2D eigenvalue weighted by Crippen LogP contribution is 2.51. The quantitative estimate of drug-likeness (QED) is 0.906. The van der Waals surface area contributed by atoms with Gasteiger partial charge in [-0.25, -0.2) is 9.78 Å². The van der Waals surface area contributed by atoms with E-state index in [9.17, 15) is 23.1 Å². The first-order valence-corrected chi connectivity index (χ1v) is 6.72. The first-order chi connectivity index (χ1) is 10.2. The van der Waals surface area contributed by atoms with Gasteiger partial charge in [-0.3, -0.25) is 0 Å². The Bertz CT molecular complexity index is 696. The lowest BCUT2D eigenvalue weighted by molar-refractivity contribution is -0.139. The van der Waals surface area contributed by atoms with Crippen LogP contribution in [0.25, 0.3) is 0 Å². The van der Waals surface area contributed by atoms with Crippen LogP contribution in [0.5, 0.6) is 0 Å². The average molecular weight is 311 g/mol. The molecule has 2 heterocycles. The summed E-state index contributed by atoms with van der Waals surface area (Å²) in [7, 11) is 0. The first-order valence-electron chi connectivity index (χ1n) is 6.72. The summed E-state index contributed by atoms with van der Waals surface area (Å²) in [6.45, 7) is 1.72. The number of fused-ring (bicyclic) bond motifs is 1. The van der Waals surface area contributed by atoms with Gasteiger partial charge in [0, 0.05) is 12.2 Å². The number of nitriles is 1. The van der Waals surface area contributed by atoms with E-state index in [2.05, 4.69) is 4.98 Å². The third-order valence-corrected chi connectivity index (χ3v) is 4.22. The van der Waals surface area contributed by atoms with E-state index in [1.54, 1.807) is 6.07 Å². The molecule has 0 amide bonds. The summed E-state index contributed by atoms with van der Waals surface area (Å²) in [4.78, 5) is 16.8. The summed E-state index contributed by atoms with van der Waals surface area (Å²) < 4.78 is 39.3. The molecule has 0 aromatic carbocycles. The number of carbonyl (C=O) groups is 1. The fraction of sp³-hybridized carbons (Fsp3) is 0.500. The van der Waals surface area contributed by atoms with Gasteiger partial charge in [-0.05, 0) is 31.2 Å². The molecule has 2 fully saturated rings. The zero-order valence-corrected chi connectivity index (χ0v) is 11.6. The number of anilines is 1. The number of nitrogens with zero attached hydrogens (tertiary/aromatic N) is 3. The highest BCUT2D eigenvalue weighted by molar-refractivity contribution is 5.81. The smallest absolute Gasteiger partial charge is 0.417 e. The molecule has 116 valence electrons. The van der Waals surface area contributed by atoms with Crippen molar-refractivity contribution >= 4 is 11.8 Å². The Morgan fingerprint density at radius 2 is 2.23 bits per heavy atom. The van der Waals surface area contributed by atoms with Gasteiger partial charge in [0.2, 0.25) is 0 Å². The number of hydrogen-bond acceptors (Lipinski definition) is 4. The summed E-state index contributed by atoms with van der Waals surface area (Å²) in [6.07, 6.45) is -3.93. The molecule has 0 radical (unpaired) electrons. The van der Waals surface area contributed by atoms with Crippen molar-refractivity contribution in [2.45, 2.75) is 25.6 Å². The zero-order valence-electron chi connectivity index (χ0n) is 11.6. The maximum Gasteiger partial charge on any atom is 0.417 e. The van der Waals surface area contributed by atoms with E-state index < -0.39 is 29.3 Å². The molecule has 3 atom stereocenters. The van der Waals surface area contributed by atoms with Gasteiger partial charge in [0.05, 0.1) is 5.56 Å². The van der Waals surface area contributed by atoms with Crippen LogP contribution in [0.3, 0.4) is 0 Å². The molecule has 1 saturated heterocycles. The molecular formula is C14H12F3N3O2. The predicted molar refractivity (Wildman–Crippen MR) is 69.1 cm³/mol. The second-order valence-electron chi connectivity index (χ2n) is 5.71. The van der Waals surface area contributed by atoms with Crippen LogP contribution in [0.4, 0.5) is 19.0 Å². The van der Waals surface area contributed by atoms with Crippen molar-refractivity contribution in [3.05, 3.63) is 22.9 Å². The van der Waals surface area contributed by atoms with E-state index in [-0.39, 0.29) is 23.3 Å². The molecule has 1 aliphatic carbocycles. The Kier molecular flexibility index (Phi) is 3.06. The SMILES string of the molecule is Cc1cc(C(F)(F)F)c(C#N)c(N2CC3CC3C2C(=O)O)n1. The minimum Gasteiger partial charge on any atom is -0.480 e. The summed E-state index contributed by atoms with van der Waals surface area (Å²) in [6, 6.07) is 1.45. The van der Waals surface area contributed by atoms with Crippen molar-refractivity contribution < 1.29 is 23.1 Å². The fourth-order valence-electron chi connectivity index (χ4n) is 3.20. The highest BCUT2D eigenvalue weighted by atomic mass is 19.4. The zero-order chi connectivity index (χ0) is 16.2. The number of aliphatic carboxylic acids is 1. The Morgan fingerprint density at radius 1 is 1.55 bits per heavy atom. The Hall–Kier alpha value is -2.30. The Balaban J connectivity index is 2.13. The minimum atomic E-state index is -4.69. The fourth-order valence-corrected chi connectivity index (χ4v) is 3.20. The molecule has 1 N–H and O–H groups in total. The monoisotopic (exact) mass is 311 g/mol. The number of halogens is 3. The third-order valence-electron chi connectivity index (χ3n) is 4.22. The van der Waals surface area contributed by atoms with Crippen molar-refractivity contribution in [3.63, 3.8) is 0 Å². The van der Waals surface area contributed by atoms with Gasteiger partial charge in [-0.15, -0.1) is 0 Å². The summed E-state index contributed by atoms with van der Waals surface area (Å²) in [5, 5.41) is 18.5. The lowest BCUT2D eigenvalue weighted by Crippen LogP contribution is -2.40. The van der Waals surface area contributed by atoms with Crippen molar-refractivity contribution in [2.75, 3.05) is 11.4 Å². The Morgan fingerprint density at radius 3 is 2.77 bits per heavy atom. The normalized spacial score (nSPS) is 26.5. The first kappa shape index (κ1) is 14.6. The lowest BCUT2D eigenvalue weighted by Gasteiger charge is -2.27. The van der Waals surface area contributed by atoms with Crippen molar-refractivity contribution in [2.24, 2.45) is 11.8 Å². The van der Waals surface area contributed by atoms with Crippen molar-refractivity contribution in [1.29, 1.82) is 5.26 Å². The van der Waals surface area contributed by atoms with Gasteiger partial charge in [0.15, 0.2) is 0 Å². The molecule has 3 unspecified atom stereocenters. The second-order valence-corrected chi connectivity index (χ2v) is 5.71. The van der Waals surface area contributed by atoms with Crippen molar-refractivity contribution in [3.8, 4) is 6.07 Å². The number of rotatable bonds is 2. The molecule has 1 saturated carbocycles. The number of alkyl halides is 3. The number of aromatic nitrogens is 1. The largest absolute Gasteiger partial charge is 0.480 e. The van der Waals surface area contributed by atoms with E-state index in [0.717, 1.165) is 12.5 Å². The molecule has 0 spiro atoms. The van der Waals surface area contributed by atoms with Gasteiger partial charge in [0.25, 0.3) is 0 Å². The van der Waals surface area contributed by atoms with Crippen LogP contribution < -0.4 is 4.90 Å².